The molecule has 2 N–H and O–H groups in total. The van der Waals surface area contributed by atoms with E-state index in [1.165, 1.54) is 0 Å². The van der Waals surface area contributed by atoms with Crippen LogP contribution in [-0.4, -0.2) is 9.97 Å². The number of nitrogens with two attached hydrogens (primary N) is 1. The van der Waals surface area contributed by atoms with Crippen molar-refractivity contribution in [3.8, 4) is 11.8 Å². The molecule has 0 spiro atoms. The van der Waals surface area contributed by atoms with Gasteiger partial charge in [0.2, 0.25) is 0 Å². The summed E-state index contributed by atoms with van der Waals surface area (Å²) in [5.41, 5.74) is 7.31. The molecular formula is C11H10BrN3O. The third kappa shape index (κ3) is 2.49. The number of anilines is 1. The summed E-state index contributed by atoms with van der Waals surface area (Å²) in [5.74, 6) is 0.669. The Morgan fingerprint density at radius 1 is 1.25 bits per heavy atom. The molecule has 2 rings (SSSR count). The fraction of sp³-hybridized carbons (Fsp3) is 0.0909. The molecule has 0 saturated carbocycles. The number of aromatic nitrogens is 2. The van der Waals surface area contributed by atoms with E-state index in [2.05, 4.69) is 25.9 Å². The van der Waals surface area contributed by atoms with E-state index in [0.29, 0.717) is 17.4 Å². The number of aryl methyl sites for hydroxylation is 1. The lowest BCUT2D eigenvalue weighted by atomic mass is 10.2. The second-order valence-corrected chi connectivity index (χ2v) is 4.23. The molecule has 1 aromatic heterocycles. The van der Waals surface area contributed by atoms with Gasteiger partial charge in [-0.05, 0) is 34.5 Å². The normalized spacial score (nSPS) is 10.1. The van der Waals surface area contributed by atoms with Crippen molar-refractivity contribution in [1.82, 2.24) is 9.97 Å². The molecule has 0 saturated heterocycles. The van der Waals surface area contributed by atoms with E-state index in [9.17, 15) is 0 Å². The van der Waals surface area contributed by atoms with Crippen molar-refractivity contribution in [3.63, 3.8) is 0 Å². The number of ether oxygens (including phenoxy) is 1. The average Bonchev–Trinajstić information content (AvgIpc) is 2.27. The second-order valence-electron chi connectivity index (χ2n) is 3.31. The van der Waals surface area contributed by atoms with Crippen LogP contribution < -0.4 is 10.5 Å². The predicted molar refractivity (Wildman–Crippen MR) is 65.4 cm³/mol. The van der Waals surface area contributed by atoms with Gasteiger partial charge in [-0.15, -0.1) is 0 Å². The summed E-state index contributed by atoms with van der Waals surface area (Å²) in [7, 11) is 0. The van der Waals surface area contributed by atoms with Crippen LogP contribution in [0, 0.1) is 6.92 Å². The van der Waals surface area contributed by atoms with Gasteiger partial charge in [-0.3, -0.25) is 0 Å². The summed E-state index contributed by atoms with van der Waals surface area (Å²) < 4.78 is 6.33. The van der Waals surface area contributed by atoms with Crippen LogP contribution in [0.3, 0.4) is 0 Å². The van der Waals surface area contributed by atoms with Gasteiger partial charge in [0.1, 0.15) is 5.75 Å². The number of hydrogen-bond donors (Lipinski definition) is 1. The van der Waals surface area contributed by atoms with Gasteiger partial charge in [0.15, 0.2) is 0 Å². The summed E-state index contributed by atoms with van der Waals surface area (Å²) in [6.07, 6.45) is 3.26. The van der Waals surface area contributed by atoms with Crippen LogP contribution in [0.4, 0.5) is 5.69 Å². The van der Waals surface area contributed by atoms with Crippen LogP contribution in [-0.2, 0) is 0 Å². The molecule has 0 aliphatic heterocycles. The molecule has 82 valence electrons. The Morgan fingerprint density at radius 3 is 2.62 bits per heavy atom. The lowest BCUT2D eigenvalue weighted by Gasteiger charge is -2.07. The summed E-state index contributed by atoms with van der Waals surface area (Å²) in [6, 6.07) is 5.77. The zero-order valence-corrected chi connectivity index (χ0v) is 10.2. The topological polar surface area (TPSA) is 61.0 Å². The van der Waals surface area contributed by atoms with Crippen molar-refractivity contribution in [1.29, 1.82) is 0 Å². The first-order valence-electron chi connectivity index (χ1n) is 4.66. The third-order valence-electron chi connectivity index (χ3n) is 2.01. The number of benzene rings is 1. The van der Waals surface area contributed by atoms with E-state index >= 15 is 0 Å². The Morgan fingerprint density at radius 2 is 1.94 bits per heavy atom. The molecule has 0 bridgehead atoms. The molecule has 0 radical (unpaired) electrons. The molecule has 0 atom stereocenters. The largest absolute Gasteiger partial charge is 0.424 e. The Bertz CT molecular complexity index is 499. The van der Waals surface area contributed by atoms with Gasteiger partial charge in [0, 0.05) is 24.1 Å². The minimum absolute atomic E-state index is 0.303. The maximum absolute atomic E-state index is 5.68. The first kappa shape index (κ1) is 10.9. The number of nitrogen functional groups attached to an aromatic ring is 1. The molecule has 0 aliphatic carbocycles. The van der Waals surface area contributed by atoms with Crippen molar-refractivity contribution >= 4 is 21.6 Å². The number of nitrogens with zero attached hydrogens (tertiary/aromatic N) is 2. The van der Waals surface area contributed by atoms with Crippen molar-refractivity contribution in [2.75, 3.05) is 5.73 Å². The number of rotatable bonds is 2. The molecule has 0 amide bonds. The van der Waals surface area contributed by atoms with Gasteiger partial charge < -0.3 is 10.5 Å². The van der Waals surface area contributed by atoms with Gasteiger partial charge in [-0.2, -0.15) is 0 Å². The quantitative estimate of drug-likeness (QED) is 0.859. The Hall–Kier alpha value is -1.62. The fourth-order valence-corrected chi connectivity index (χ4v) is 1.38. The molecule has 4 nitrogen and oxygen atoms in total. The third-order valence-corrected chi connectivity index (χ3v) is 2.42. The van der Waals surface area contributed by atoms with E-state index in [1.54, 1.807) is 18.5 Å². The highest BCUT2D eigenvalue weighted by atomic mass is 79.9. The minimum Gasteiger partial charge on any atom is -0.424 e. The first-order valence-corrected chi connectivity index (χ1v) is 5.46. The van der Waals surface area contributed by atoms with Gasteiger partial charge in [-0.25, -0.2) is 9.97 Å². The standard InChI is InChI=1S/C11H10BrN3O/c1-7-2-3-9(13)4-10(7)16-11-14-5-8(12)6-15-11/h2-6H,13H2,1H3. The molecule has 1 heterocycles. The van der Waals surface area contributed by atoms with Crippen LogP contribution >= 0.6 is 15.9 Å². The highest BCUT2D eigenvalue weighted by molar-refractivity contribution is 9.10. The SMILES string of the molecule is Cc1ccc(N)cc1Oc1ncc(Br)cn1. The zero-order valence-electron chi connectivity index (χ0n) is 8.64. The first-order chi connectivity index (χ1) is 7.65. The van der Waals surface area contributed by atoms with Crippen molar-refractivity contribution in [2.45, 2.75) is 6.92 Å². The van der Waals surface area contributed by atoms with Crippen LogP contribution in [0.5, 0.6) is 11.8 Å². The summed E-state index contributed by atoms with van der Waals surface area (Å²) >= 11 is 3.26. The maximum Gasteiger partial charge on any atom is 0.321 e. The number of hydrogen-bond acceptors (Lipinski definition) is 4. The maximum atomic E-state index is 5.68. The molecule has 5 heteroatoms. The van der Waals surface area contributed by atoms with Crippen molar-refractivity contribution in [3.05, 3.63) is 40.6 Å². The Balaban J connectivity index is 2.26. The lowest BCUT2D eigenvalue weighted by Crippen LogP contribution is -1.94. The van der Waals surface area contributed by atoms with Crippen LogP contribution in [0.15, 0.2) is 35.1 Å². The van der Waals surface area contributed by atoms with Crippen molar-refractivity contribution in [2.24, 2.45) is 0 Å². The average molecular weight is 280 g/mol. The second kappa shape index (κ2) is 4.49. The highest BCUT2D eigenvalue weighted by Gasteiger charge is 2.04. The van der Waals surface area contributed by atoms with Crippen LogP contribution in [0.1, 0.15) is 5.56 Å². The van der Waals surface area contributed by atoms with Gasteiger partial charge in [0.25, 0.3) is 0 Å². The smallest absolute Gasteiger partial charge is 0.321 e. The minimum atomic E-state index is 0.303. The van der Waals surface area contributed by atoms with E-state index in [1.807, 2.05) is 19.1 Å². The van der Waals surface area contributed by atoms with Gasteiger partial charge >= 0.3 is 6.01 Å². The van der Waals surface area contributed by atoms with Crippen molar-refractivity contribution < 1.29 is 4.74 Å². The highest BCUT2D eigenvalue weighted by Crippen LogP contribution is 2.24. The molecule has 1 aromatic carbocycles. The lowest BCUT2D eigenvalue weighted by molar-refractivity contribution is 0.438. The zero-order chi connectivity index (χ0) is 11.5. The van der Waals surface area contributed by atoms with Gasteiger partial charge in [0.05, 0.1) is 4.47 Å². The molecular weight excluding hydrogens is 270 g/mol. The molecule has 0 aliphatic rings. The number of halogens is 1. The van der Waals surface area contributed by atoms with E-state index < -0.39 is 0 Å². The molecule has 2 aromatic rings. The van der Waals surface area contributed by atoms with E-state index in [4.69, 9.17) is 10.5 Å². The van der Waals surface area contributed by atoms with Crippen LogP contribution in [0.2, 0.25) is 0 Å². The summed E-state index contributed by atoms with van der Waals surface area (Å²) in [6.45, 7) is 1.94. The molecule has 0 unspecified atom stereocenters. The van der Waals surface area contributed by atoms with E-state index in [-0.39, 0.29) is 0 Å². The monoisotopic (exact) mass is 279 g/mol. The Labute approximate surface area is 102 Å². The predicted octanol–water partition coefficient (Wildman–Crippen LogP) is 2.92. The molecule has 16 heavy (non-hydrogen) atoms. The van der Waals surface area contributed by atoms with Gasteiger partial charge in [-0.1, -0.05) is 6.07 Å². The Kier molecular flexibility index (Phi) is 3.05. The van der Waals surface area contributed by atoms with E-state index in [0.717, 1.165) is 10.0 Å². The fourth-order valence-electron chi connectivity index (χ4n) is 1.18. The summed E-state index contributed by atoms with van der Waals surface area (Å²) in [4.78, 5) is 8.05. The summed E-state index contributed by atoms with van der Waals surface area (Å²) in [5, 5.41) is 0. The molecule has 0 fully saturated rings. The van der Waals surface area contributed by atoms with Crippen LogP contribution in [0.25, 0.3) is 0 Å².